The van der Waals surface area contributed by atoms with Crippen LogP contribution in [-0.2, 0) is 6.54 Å². The average molecular weight is 275 g/mol. The van der Waals surface area contributed by atoms with Crippen LogP contribution in [0.3, 0.4) is 0 Å². The van der Waals surface area contributed by atoms with Gasteiger partial charge in [0.15, 0.2) is 0 Å². The van der Waals surface area contributed by atoms with Gasteiger partial charge in [-0.15, -0.1) is 0 Å². The predicted molar refractivity (Wildman–Crippen MR) is 74.1 cm³/mol. The van der Waals surface area contributed by atoms with Crippen LogP contribution in [0.25, 0.3) is 0 Å². The lowest BCUT2D eigenvalue weighted by molar-refractivity contribution is 0.0698. The summed E-state index contributed by atoms with van der Waals surface area (Å²) in [5.41, 5.74) is 6.13. The fourth-order valence-electron chi connectivity index (χ4n) is 1.81. The van der Waals surface area contributed by atoms with Crippen LogP contribution in [-0.4, -0.2) is 23.1 Å². The van der Waals surface area contributed by atoms with Crippen LogP contribution in [0.1, 0.15) is 15.9 Å². The summed E-state index contributed by atoms with van der Waals surface area (Å²) in [4.78, 5) is 16.7. The minimum Gasteiger partial charge on any atom is -0.478 e. The van der Waals surface area contributed by atoms with E-state index in [-0.39, 0.29) is 23.6 Å². The van der Waals surface area contributed by atoms with Gasteiger partial charge in [0.25, 0.3) is 0 Å². The van der Waals surface area contributed by atoms with Crippen LogP contribution >= 0.6 is 0 Å². The van der Waals surface area contributed by atoms with Gasteiger partial charge in [-0.25, -0.2) is 14.2 Å². The van der Waals surface area contributed by atoms with Crippen molar-refractivity contribution in [2.24, 2.45) is 0 Å². The molecule has 0 amide bonds. The number of pyridine rings is 1. The van der Waals surface area contributed by atoms with E-state index in [0.717, 1.165) is 0 Å². The van der Waals surface area contributed by atoms with Gasteiger partial charge < -0.3 is 15.7 Å². The minimum atomic E-state index is -1.12. The summed E-state index contributed by atoms with van der Waals surface area (Å²) in [5, 5.41) is 9.02. The summed E-state index contributed by atoms with van der Waals surface area (Å²) in [6.45, 7) is 0.280. The number of aromatic carboxylic acids is 1. The molecule has 1 aromatic carbocycles. The first kappa shape index (κ1) is 13.8. The first-order valence-corrected chi connectivity index (χ1v) is 5.92. The molecule has 3 N–H and O–H groups in total. The van der Waals surface area contributed by atoms with E-state index in [9.17, 15) is 9.18 Å². The van der Waals surface area contributed by atoms with E-state index >= 15 is 0 Å². The molecule has 2 rings (SSSR count). The number of aromatic nitrogens is 1. The Morgan fingerprint density at radius 1 is 1.45 bits per heavy atom. The van der Waals surface area contributed by atoms with E-state index in [1.807, 2.05) is 0 Å². The zero-order valence-electron chi connectivity index (χ0n) is 10.9. The van der Waals surface area contributed by atoms with Crippen molar-refractivity contribution in [3.8, 4) is 0 Å². The van der Waals surface area contributed by atoms with E-state index in [0.29, 0.717) is 11.4 Å². The van der Waals surface area contributed by atoms with E-state index in [1.165, 1.54) is 18.3 Å². The van der Waals surface area contributed by atoms with E-state index in [1.54, 1.807) is 30.1 Å². The molecule has 0 unspecified atom stereocenters. The summed E-state index contributed by atoms with van der Waals surface area (Å²) >= 11 is 0. The fourth-order valence-corrected chi connectivity index (χ4v) is 1.81. The molecule has 0 saturated carbocycles. The number of nitrogens with zero attached hydrogens (tertiary/aromatic N) is 2. The second-order valence-electron chi connectivity index (χ2n) is 4.38. The number of rotatable bonds is 4. The van der Waals surface area contributed by atoms with Gasteiger partial charge in [0, 0.05) is 19.2 Å². The van der Waals surface area contributed by atoms with Crippen LogP contribution in [0.15, 0.2) is 36.5 Å². The standard InChI is InChI=1S/C14H14FN3O2/c1-18(8-9-4-2-3-5-11(9)15)13-6-10(14(19)20)12(16)7-17-13/h2-7H,8,16H2,1H3,(H,19,20). The fraction of sp³-hybridized carbons (Fsp3) is 0.143. The third-order valence-electron chi connectivity index (χ3n) is 2.91. The van der Waals surface area contributed by atoms with Crippen molar-refractivity contribution in [3.05, 3.63) is 53.5 Å². The molecule has 0 fully saturated rings. The van der Waals surface area contributed by atoms with Crippen LogP contribution in [0.5, 0.6) is 0 Å². The van der Waals surface area contributed by atoms with Gasteiger partial charge >= 0.3 is 5.97 Å². The van der Waals surface area contributed by atoms with Crippen LogP contribution in [0.2, 0.25) is 0 Å². The van der Waals surface area contributed by atoms with Crippen molar-refractivity contribution in [2.75, 3.05) is 17.7 Å². The number of carboxylic acids is 1. The highest BCUT2D eigenvalue weighted by atomic mass is 19.1. The second-order valence-corrected chi connectivity index (χ2v) is 4.38. The third kappa shape index (κ3) is 2.85. The first-order chi connectivity index (χ1) is 9.49. The lowest BCUT2D eigenvalue weighted by Crippen LogP contribution is -2.19. The number of halogens is 1. The number of nitrogens with two attached hydrogens (primary N) is 1. The molecule has 0 saturated heterocycles. The molecule has 0 aliphatic rings. The highest BCUT2D eigenvalue weighted by Gasteiger charge is 2.13. The van der Waals surface area contributed by atoms with Crippen LogP contribution < -0.4 is 10.6 Å². The maximum atomic E-state index is 13.6. The quantitative estimate of drug-likeness (QED) is 0.893. The topological polar surface area (TPSA) is 79.5 Å². The number of carboxylic acid groups (broad SMARTS) is 1. The number of hydrogen-bond donors (Lipinski definition) is 2. The minimum absolute atomic E-state index is 0.0182. The molecule has 104 valence electrons. The first-order valence-electron chi connectivity index (χ1n) is 5.92. The van der Waals surface area contributed by atoms with Crippen molar-refractivity contribution in [1.29, 1.82) is 0 Å². The van der Waals surface area contributed by atoms with Crippen molar-refractivity contribution >= 4 is 17.5 Å². The molecular weight excluding hydrogens is 261 g/mol. The summed E-state index contributed by atoms with van der Waals surface area (Å²) < 4.78 is 13.6. The molecular formula is C14H14FN3O2. The second kappa shape index (κ2) is 5.56. The van der Waals surface area contributed by atoms with Gasteiger partial charge in [-0.1, -0.05) is 18.2 Å². The van der Waals surface area contributed by atoms with E-state index in [4.69, 9.17) is 10.8 Å². The number of benzene rings is 1. The Hall–Kier alpha value is -2.63. The van der Waals surface area contributed by atoms with E-state index < -0.39 is 5.97 Å². The number of nitrogen functional groups attached to an aromatic ring is 1. The molecule has 0 radical (unpaired) electrons. The largest absolute Gasteiger partial charge is 0.478 e. The lowest BCUT2D eigenvalue weighted by atomic mass is 10.2. The number of carbonyl (C=O) groups is 1. The lowest BCUT2D eigenvalue weighted by Gasteiger charge is -2.19. The Morgan fingerprint density at radius 3 is 2.80 bits per heavy atom. The highest BCUT2D eigenvalue weighted by molar-refractivity contribution is 5.94. The van der Waals surface area contributed by atoms with E-state index in [2.05, 4.69) is 4.98 Å². The zero-order chi connectivity index (χ0) is 14.7. The molecule has 1 aromatic heterocycles. The molecule has 0 spiro atoms. The predicted octanol–water partition coefficient (Wildman–Crippen LogP) is 2.14. The zero-order valence-corrected chi connectivity index (χ0v) is 10.9. The van der Waals surface area contributed by atoms with Crippen molar-refractivity contribution in [2.45, 2.75) is 6.54 Å². The normalized spacial score (nSPS) is 10.3. The Morgan fingerprint density at radius 2 is 2.15 bits per heavy atom. The van der Waals surface area contributed by atoms with Crippen molar-refractivity contribution in [1.82, 2.24) is 4.98 Å². The Labute approximate surface area is 115 Å². The van der Waals surface area contributed by atoms with Gasteiger partial charge in [0.05, 0.1) is 17.4 Å². The summed E-state index contributed by atoms with van der Waals surface area (Å²) in [5.74, 6) is -1.02. The molecule has 0 bridgehead atoms. The Kier molecular flexibility index (Phi) is 3.84. The third-order valence-corrected chi connectivity index (χ3v) is 2.91. The molecule has 1 heterocycles. The summed E-state index contributed by atoms with van der Waals surface area (Å²) in [6.07, 6.45) is 1.29. The SMILES string of the molecule is CN(Cc1ccccc1F)c1cc(C(=O)O)c(N)cn1. The molecule has 5 nitrogen and oxygen atoms in total. The molecule has 6 heteroatoms. The molecule has 2 aromatic rings. The van der Waals surface area contributed by atoms with Gasteiger partial charge in [-0.05, 0) is 12.1 Å². The maximum Gasteiger partial charge on any atom is 0.337 e. The number of hydrogen-bond acceptors (Lipinski definition) is 4. The Balaban J connectivity index is 2.26. The highest BCUT2D eigenvalue weighted by Crippen LogP contribution is 2.19. The molecule has 0 aliphatic carbocycles. The van der Waals surface area contributed by atoms with Gasteiger partial charge in [0.2, 0.25) is 0 Å². The summed E-state index contributed by atoms with van der Waals surface area (Å²) in [6, 6.07) is 7.77. The smallest absolute Gasteiger partial charge is 0.337 e. The molecule has 20 heavy (non-hydrogen) atoms. The average Bonchev–Trinajstić information content (AvgIpc) is 2.41. The van der Waals surface area contributed by atoms with Gasteiger partial charge in [0.1, 0.15) is 11.6 Å². The van der Waals surface area contributed by atoms with Crippen molar-refractivity contribution in [3.63, 3.8) is 0 Å². The van der Waals surface area contributed by atoms with Crippen LogP contribution in [0.4, 0.5) is 15.9 Å². The monoisotopic (exact) mass is 275 g/mol. The molecule has 0 atom stereocenters. The number of anilines is 2. The van der Waals surface area contributed by atoms with Gasteiger partial charge in [-0.2, -0.15) is 0 Å². The Bertz CT molecular complexity index is 646. The summed E-state index contributed by atoms with van der Waals surface area (Å²) in [7, 11) is 1.70. The van der Waals surface area contributed by atoms with Crippen molar-refractivity contribution < 1.29 is 14.3 Å². The maximum absolute atomic E-state index is 13.6. The van der Waals surface area contributed by atoms with Crippen LogP contribution in [0, 0.1) is 5.82 Å². The molecule has 0 aliphatic heterocycles. The van der Waals surface area contributed by atoms with Gasteiger partial charge in [-0.3, -0.25) is 0 Å².